The normalized spacial score (nSPS) is 23.0. The van der Waals surface area contributed by atoms with Gasteiger partial charge in [-0.3, -0.25) is 0 Å². The summed E-state index contributed by atoms with van der Waals surface area (Å²) < 4.78 is 10.5. The molecule has 2 heterocycles. The number of hydrogen-bond acceptors (Lipinski definition) is 5. The second-order valence-electron chi connectivity index (χ2n) is 5.51. The molecule has 2 unspecified atom stereocenters. The van der Waals surface area contributed by atoms with Gasteiger partial charge in [-0.25, -0.2) is 9.69 Å². The molecule has 7 heteroatoms. The van der Waals surface area contributed by atoms with Gasteiger partial charge in [0, 0.05) is 19.7 Å². The molecule has 0 aliphatic carbocycles. The van der Waals surface area contributed by atoms with Crippen molar-refractivity contribution < 1.29 is 19.2 Å². The van der Waals surface area contributed by atoms with Gasteiger partial charge in [0.2, 0.25) is 5.88 Å². The maximum atomic E-state index is 12.4. The largest absolute Gasteiger partial charge is 0.372 e. The molecule has 1 fully saturated rings. The molecule has 0 aromatic carbocycles. The lowest BCUT2D eigenvalue weighted by Gasteiger charge is -2.19. The lowest BCUT2D eigenvalue weighted by molar-refractivity contribution is 0.0130. The molecule has 1 saturated heterocycles. The number of carbonyl (C=O) groups excluding carboxylic acids is 1. The lowest BCUT2D eigenvalue weighted by atomic mass is 10.1. The fourth-order valence-electron chi connectivity index (χ4n) is 2.18. The predicted octanol–water partition coefficient (Wildman–Crippen LogP) is 1.69. The second-order valence-corrected chi connectivity index (χ2v) is 5.51. The summed E-state index contributed by atoms with van der Waals surface area (Å²) in [6.45, 7) is 9.42. The van der Waals surface area contributed by atoms with Crippen LogP contribution in [0, 0.1) is 0 Å². The van der Waals surface area contributed by atoms with Gasteiger partial charge in [-0.1, -0.05) is 11.2 Å². The predicted molar refractivity (Wildman–Crippen MR) is 76.8 cm³/mol. The molecule has 2 rings (SSSR count). The number of aliphatic hydroxyl groups excluding tert-OH is 1. The first-order chi connectivity index (χ1) is 9.83. The number of rotatable bonds is 5. The van der Waals surface area contributed by atoms with E-state index in [1.807, 2.05) is 13.8 Å². The summed E-state index contributed by atoms with van der Waals surface area (Å²) in [5.74, 6) is 0.200. The van der Waals surface area contributed by atoms with Crippen molar-refractivity contribution in [1.82, 2.24) is 10.1 Å². The minimum absolute atomic E-state index is 0.200. The Balaban J connectivity index is 2.30. The summed E-state index contributed by atoms with van der Waals surface area (Å²) in [6.07, 6.45) is 0.619. The minimum atomic E-state index is -0.996. The van der Waals surface area contributed by atoms with Gasteiger partial charge in [-0.15, -0.1) is 6.58 Å². The van der Waals surface area contributed by atoms with Crippen molar-refractivity contribution >= 4 is 11.9 Å². The average Bonchev–Trinajstić information content (AvgIpc) is 3.00. The lowest BCUT2D eigenvalue weighted by Crippen LogP contribution is -2.35. The Hall–Kier alpha value is -1.86. The van der Waals surface area contributed by atoms with Gasteiger partial charge in [0.05, 0.1) is 6.04 Å². The van der Waals surface area contributed by atoms with Crippen molar-refractivity contribution in [3.8, 4) is 0 Å². The Morgan fingerprint density at radius 3 is 2.86 bits per heavy atom. The maximum absolute atomic E-state index is 12.4. The van der Waals surface area contributed by atoms with Crippen LogP contribution in [-0.2, 0) is 10.3 Å². The quantitative estimate of drug-likeness (QED) is 0.836. The Kier molecular flexibility index (Phi) is 4.06. The van der Waals surface area contributed by atoms with Crippen molar-refractivity contribution in [2.45, 2.75) is 38.6 Å². The molecule has 1 aliphatic rings. The number of urea groups is 1. The summed E-state index contributed by atoms with van der Waals surface area (Å²) >= 11 is 0. The molecule has 0 spiro atoms. The highest BCUT2D eigenvalue weighted by Gasteiger charge is 2.44. The molecule has 2 amide bonds. The van der Waals surface area contributed by atoms with E-state index >= 15 is 0 Å². The van der Waals surface area contributed by atoms with Gasteiger partial charge in [0.25, 0.3) is 0 Å². The number of ether oxygens (including phenoxy) is 1. The molecule has 0 saturated carbocycles. The second kappa shape index (κ2) is 5.50. The molecular formula is C14H21N3O4. The first kappa shape index (κ1) is 15.5. The van der Waals surface area contributed by atoms with Crippen LogP contribution in [-0.4, -0.2) is 47.1 Å². The van der Waals surface area contributed by atoms with Crippen LogP contribution < -0.4 is 4.90 Å². The third kappa shape index (κ3) is 2.54. The molecule has 116 valence electrons. The molecule has 1 aliphatic heterocycles. The third-order valence-corrected chi connectivity index (χ3v) is 3.83. The number of amides is 2. The van der Waals surface area contributed by atoms with Crippen LogP contribution in [0.2, 0.25) is 0 Å². The van der Waals surface area contributed by atoms with Crippen LogP contribution in [0.1, 0.15) is 26.5 Å². The first-order valence-corrected chi connectivity index (χ1v) is 6.74. The van der Waals surface area contributed by atoms with Crippen molar-refractivity contribution in [1.29, 1.82) is 0 Å². The number of hydrogen-bond donors (Lipinski definition) is 1. The Morgan fingerprint density at radius 1 is 1.62 bits per heavy atom. The molecule has 0 bridgehead atoms. The average molecular weight is 295 g/mol. The summed E-state index contributed by atoms with van der Waals surface area (Å²) in [5.41, 5.74) is -0.0862. The zero-order chi connectivity index (χ0) is 15.8. The smallest absolute Gasteiger partial charge is 0.329 e. The van der Waals surface area contributed by atoms with Crippen LogP contribution in [0.5, 0.6) is 0 Å². The van der Waals surface area contributed by atoms with Gasteiger partial charge < -0.3 is 19.3 Å². The molecule has 1 N–H and O–H groups in total. The van der Waals surface area contributed by atoms with Crippen LogP contribution in [0.4, 0.5) is 10.7 Å². The SMILES string of the molecule is C=CCN1C(=O)N(c2cc(C(C)(C)OC)no2)C(O)C1C. The monoisotopic (exact) mass is 295 g/mol. The van der Waals surface area contributed by atoms with E-state index in [0.29, 0.717) is 12.2 Å². The Labute approximate surface area is 123 Å². The first-order valence-electron chi connectivity index (χ1n) is 6.74. The minimum Gasteiger partial charge on any atom is -0.372 e. The molecule has 2 atom stereocenters. The van der Waals surface area contributed by atoms with Gasteiger partial charge in [0.15, 0.2) is 6.23 Å². The highest BCUT2D eigenvalue weighted by atomic mass is 16.5. The third-order valence-electron chi connectivity index (χ3n) is 3.83. The molecule has 1 aromatic heterocycles. The zero-order valence-electron chi connectivity index (χ0n) is 12.7. The van der Waals surface area contributed by atoms with E-state index in [-0.39, 0.29) is 18.0 Å². The van der Waals surface area contributed by atoms with Gasteiger partial charge in [-0.2, -0.15) is 0 Å². The number of aliphatic hydroxyl groups is 1. The fourth-order valence-corrected chi connectivity index (χ4v) is 2.18. The highest BCUT2D eigenvalue weighted by molar-refractivity contribution is 5.93. The Morgan fingerprint density at radius 2 is 2.29 bits per heavy atom. The number of aromatic nitrogens is 1. The zero-order valence-corrected chi connectivity index (χ0v) is 12.7. The number of anilines is 1. The van der Waals surface area contributed by atoms with E-state index in [9.17, 15) is 9.90 Å². The van der Waals surface area contributed by atoms with Crippen LogP contribution in [0.3, 0.4) is 0 Å². The molecule has 1 aromatic rings. The van der Waals surface area contributed by atoms with Crippen LogP contribution in [0.25, 0.3) is 0 Å². The van der Waals surface area contributed by atoms with Gasteiger partial charge in [0.1, 0.15) is 11.3 Å². The summed E-state index contributed by atoms with van der Waals surface area (Å²) in [5, 5.41) is 14.2. The molecule has 21 heavy (non-hydrogen) atoms. The van der Waals surface area contributed by atoms with E-state index in [1.54, 1.807) is 26.2 Å². The summed E-state index contributed by atoms with van der Waals surface area (Å²) in [6, 6.07) is 0.904. The number of nitrogens with zero attached hydrogens (tertiary/aromatic N) is 3. The van der Waals surface area contributed by atoms with Crippen molar-refractivity contribution in [2.75, 3.05) is 18.6 Å². The number of carbonyl (C=O) groups is 1. The van der Waals surface area contributed by atoms with E-state index in [1.165, 1.54) is 9.80 Å². The Bertz CT molecular complexity index is 540. The van der Waals surface area contributed by atoms with Crippen molar-refractivity contribution in [2.24, 2.45) is 0 Å². The molecular weight excluding hydrogens is 274 g/mol. The molecule has 7 nitrogen and oxygen atoms in total. The highest BCUT2D eigenvalue weighted by Crippen LogP contribution is 2.31. The van der Waals surface area contributed by atoms with Crippen LogP contribution >= 0.6 is 0 Å². The van der Waals surface area contributed by atoms with Gasteiger partial charge in [-0.05, 0) is 20.8 Å². The van der Waals surface area contributed by atoms with Crippen molar-refractivity contribution in [3.63, 3.8) is 0 Å². The summed E-state index contributed by atoms with van der Waals surface area (Å²) in [7, 11) is 1.57. The van der Waals surface area contributed by atoms with Gasteiger partial charge >= 0.3 is 6.03 Å². The van der Waals surface area contributed by atoms with Crippen LogP contribution in [0.15, 0.2) is 23.2 Å². The van der Waals surface area contributed by atoms with E-state index in [4.69, 9.17) is 9.26 Å². The van der Waals surface area contributed by atoms with E-state index < -0.39 is 11.8 Å². The fraction of sp³-hybridized carbons (Fsp3) is 0.571. The van der Waals surface area contributed by atoms with E-state index in [2.05, 4.69) is 11.7 Å². The summed E-state index contributed by atoms with van der Waals surface area (Å²) in [4.78, 5) is 15.1. The standard InChI is InChI=1S/C14H21N3O4/c1-6-7-16-9(2)12(18)17(13(16)19)11-8-10(15-21-11)14(3,4)20-5/h6,8-9,12,18H,1,7H2,2-5H3. The maximum Gasteiger partial charge on any atom is 0.329 e. The molecule has 0 radical (unpaired) electrons. The number of methoxy groups -OCH3 is 1. The van der Waals surface area contributed by atoms with Crippen molar-refractivity contribution in [3.05, 3.63) is 24.4 Å². The topological polar surface area (TPSA) is 79.0 Å². The van der Waals surface area contributed by atoms with E-state index in [0.717, 1.165) is 0 Å².